The van der Waals surface area contributed by atoms with Crippen molar-refractivity contribution in [3.05, 3.63) is 0 Å². The van der Waals surface area contributed by atoms with Crippen LogP contribution in [-0.2, 0) is 42.9 Å². The van der Waals surface area contributed by atoms with Crippen molar-refractivity contribution in [1.82, 2.24) is 10.6 Å². The molecule has 0 saturated heterocycles. The van der Waals surface area contributed by atoms with Gasteiger partial charge in [-0.15, -0.1) is 0 Å². The second kappa shape index (κ2) is 19.5. The van der Waals surface area contributed by atoms with Crippen LogP contribution in [0.15, 0.2) is 0 Å². The first-order valence-corrected chi connectivity index (χ1v) is 13.2. The summed E-state index contributed by atoms with van der Waals surface area (Å²) in [5, 5.41) is 13.3. The molecule has 2 amide bonds. The molecule has 0 aromatic heterocycles. The quantitative estimate of drug-likeness (QED) is 0.133. The highest BCUT2D eigenvalue weighted by molar-refractivity contribution is 5.81. The molecular weight excluding hydrogens is 520 g/mol. The Kier molecular flexibility index (Phi) is 16.7. The molecule has 0 aromatic carbocycles. The third kappa shape index (κ3) is 16.8. The summed E-state index contributed by atoms with van der Waals surface area (Å²) in [5.41, 5.74) is 0. The van der Waals surface area contributed by atoms with Gasteiger partial charge in [-0.2, -0.15) is 0 Å². The van der Waals surface area contributed by atoms with Gasteiger partial charge in [0.1, 0.15) is 31.9 Å². The van der Waals surface area contributed by atoms with Crippen LogP contribution in [0.5, 0.6) is 0 Å². The third-order valence-electron chi connectivity index (χ3n) is 5.54. The predicted molar refractivity (Wildman–Crippen MR) is 133 cm³/mol. The molecule has 1 fully saturated rings. The van der Waals surface area contributed by atoms with Crippen molar-refractivity contribution in [1.29, 1.82) is 0 Å². The molecule has 0 radical (unpaired) electrons. The summed E-state index contributed by atoms with van der Waals surface area (Å²) in [7, 11) is 0. The van der Waals surface area contributed by atoms with Crippen LogP contribution in [0.25, 0.3) is 0 Å². The second-order valence-corrected chi connectivity index (χ2v) is 9.23. The lowest BCUT2D eigenvalue weighted by atomic mass is 9.98. The van der Waals surface area contributed by atoms with E-state index in [-0.39, 0.29) is 70.7 Å². The van der Waals surface area contributed by atoms with Crippen LogP contribution in [0, 0.1) is 5.92 Å². The fourth-order valence-corrected chi connectivity index (χ4v) is 3.49. The fourth-order valence-electron chi connectivity index (χ4n) is 3.49. The lowest BCUT2D eigenvalue weighted by Crippen LogP contribution is -2.45. The number of carboxylic acids is 1. The standard InChI is InChI=1S/C25H40N2O12/c1-17(2)22(23(32)37-13-6-10-19(28)29)27-25(34)38-15-14-36-20(30)11-7-12-35-21(31)16-26-24(33)39-18-8-4-3-5-9-18/h17-18,22H,3-16H2,1-2H3,(H,26,33)(H,27,34)(H,28,29)/t22-/m0/s1. The highest BCUT2D eigenvalue weighted by atomic mass is 16.6. The van der Waals surface area contributed by atoms with Gasteiger partial charge in [0.2, 0.25) is 0 Å². The van der Waals surface area contributed by atoms with Gasteiger partial charge in [-0.3, -0.25) is 14.4 Å². The largest absolute Gasteiger partial charge is 0.481 e. The number of amides is 2. The van der Waals surface area contributed by atoms with Crippen LogP contribution in [0.1, 0.15) is 71.6 Å². The van der Waals surface area contributed by atoms with Crippen molar-refractivity contribution in [2.45, 2.75) is 83.8 Å². The Labute approximate surface area is 227 Å². The van der Waals surface area contributed by atoms with Gasteiger partial charge in [0, 0.05) is 12.8 Å². The summed E-state index contributed by atoms with van der Waals surface area (Å²) in [6.07, 6.45) is 3.28. The van der Waals surface area contributed by atoms with E-state index < -0.39 is 42.1 Å². The van der Waals surface area contributed by atoms with Gasteiger partial charge in [-0.25, -0.2) is 14.4 Å². The van der Waals surface area contributed by atoms with Gasteiger partial charge in [-0.05, 0) is 44.4 Å². The number of alkyl carbamates (subject to hydrolysis) is 2. The van der Waals surface area contributed by atoms with Gasteiger partial charge in [0.15, 0.2) is 0 Å². The Morgan fingerprint density at radius 1 is 0.769 bits per heavy atom. The number of esters is 3. The molecule has 1 aliphatic carbocycles. The van der Waals surface area contributed by atoms with E-state index in [1.165, 1.54) is 0 Å². The van der Waals surface area contributed by atoms with Crippen molar-refractivity contribution >= 4 is 36.1 Å². The van der Waals surface area contributed by atoms with E-state index in [2.05, 4.69) is 10.6 Å². The minimum Gasteiger partial charge on any atom is -0.481 e. The van der Waals surface area contributed by atoms with Gasteiger partial charge < -0.3 is 39.4 Å². The van der Waals surface area contributed by atoms with E-state index in [0.29, 0.717) is 0 Å². The first-order valence-electron chi connectivity index (χ1n) is 13.2. The molecule has 1 atom stereocenters. The Morgan fingerprint density at radius 2 is 1.38 bits per heavy atom. The molecule has 0 unspecified atom stereocenters. The minimum atomic E-state index is -1.00. The van der Waals surface area contributed by atoms with E-state index in [4.69, 9.17) is 28.8 Å². The topological polar surface area (TPSA) is 193 Å². The summed E-state index contributed by atoms with van der Waals surface area (Å²) in [6.45, 7) is 2.42. The molecule has 1 saturated carbocycles. The first-order chi connectivity index (χ1) is 18.6. The summed E-state index contributed by atoms with van der Waals surface area (Å²) in [5.74, 6) is -3.28. The van der Waals surface area contributed by atoms with E-state index in [0.717, 1.165) is 32.1 Å². The zero-order valence-corrected chi connectivity index (χ0v) is 22.6. The summed E-state index contributed by atoms with van der Waals surface area (Å²) in [4.78, 5) is 69.8. The number of rotatable bonds is 17. The molecule has 14 nitrogen and oxygen atoms in total. The third-order valence-corrected chi connectivity index (χ3v) is 5.54. The predicted octanol–water partition coefficient (Wildman–Crippen LogP) is 2.07. The first kappa shape index (κ1) is 33.4. The maximum Gasteiger partial charge on any atom is 0.407 e. The zero-order chi connectivity index (χ0) is 29.0. The maximum atomic E-state index is 12.1. The molecule has 222 valence electrons. The Balaban J connectivity index is 2.10. The second-order valence-electron chi connectivity index (χ2n) is 9.23. The highest BCUT2D eigenvalue weighted by Crippen LogP contribution is 2.20. The van der Waals surface area contributed by atoms with Crippen LogP contribution in [0.3, 0.4) is 0 Å². The SMILES string of the molecule is CC(C)[C@H](NC(=O)OCCOC(=O)CCCOC(=O)CNC(=O)OC1CCCCC1)C(=O)OCCCC(=O)O. The van der Waals surface area contributed by atoms with Crippen molar-refractivity contribution in [2.24, 2.45) is 5.92 Å². The zero-order valence-electron chi connectivity index (χ0n) is 22.6. The lowest BCUT2D eigenvalue weighted by molar-refractivity contribution is -0.148. The van der Waals surface area contributed by atoms with Crippen molar-refractivity contribution in [2.75, 3.05) is 33.0 Å². The van der Waals surface area contributed by atoms with Crippen molar-refractivity contribution < 1.29 is 57.6 Å². The Bertz CT molecular complexity index is 811. The molecule has 0 heterocycles. The lowest BCUT2D eigenvalue weighted by Gasteiger charge is -2.21. The smallest absolute Gasteiger partial charge is 0.407 e. The molecule has 0 bridgehead atoms. The van der Waals surface area contributed by atoms with Crippen LogP contribution >= 0.6 is 0 Å². The highest BCUT2D eigenvalue weighted by Gasteiger charge is 2.26. The van der Waals surface area contributed by atoms with Crippen LogP contribution < -0.4 is 10.6 Å². The van der Waals surface area contributed by atoms with Crippen LogP contribution in [0.4, 0.5) is 9.59 Å². The number of hydrogen-bond donors (Lipinski definition) is 3. The van der Waals surface area contributed by atoms with Gasteiger partial charge in [-0.1, -0.05) is 20.3 Å². The van der Waals surface area contributed by atoms with Gasteiger partial charge in [0.25, 0.3) is 0 Å². The molecule has 39 heavy (non-hydrogen) atoms. The number of carboxylic acid groups (broad SMARTS) is 1. The molecule has 0 aliphatic heterocycles. The Hall–Kier alpha value is -3.58. The molecule has 14 heteroatoms. The molecule has 3 N–H and O–H groups in total. The van der Waals surface area contributed by atoms with Crippen LogP contribution in [0.2, 0.25) is 0 Å². The van der Waals surface area contributed by atoms with E-state index in [1.54, 1.807) is 13.8 Å². The summed E-state index contributed by atoms with van der Waals surface area (Å²) >= 11 is 0. The minimum absolute atomic E-state index is 0.0419. The molecule has 0 spiro atoms. The molecule has 1 aliphatic rings. The average Bonchev–Trinajstić information content (AvgIpc) is 2.89. The fraction of sp³-hybridized carbons (Fsp3) is 0.760. The van der Waals surface area contributed by atoms with Gasteiger partial charge in [0.05, 0.1) is 13.2 Å². The number of ether oxygens (including phenoxy) is 5. The van der Waals surface area contributed by atoms with Crippen molar-refractivity contribution in [3.63, 3.8) is 0 Å². The van der Waals surface area contributed by atoms with E-state index >= 15 is 0 Å². The van der Waals surface area contributed by atoms with Gasteiger partial charge >= 0.3 is 36.1 Å². The molecule has 0 aromatic rings. The normalized spacial score (nSPS) is 14.0. The van der Waals surface area contributed by atoms with Crippen LogP contribution in [-0.4, -0.2) is 86.3 Å². The number of carbonyl (C=O) groups excluding carboxylic acids is 5. The molecular formula is C25H40N2O12. The number of hydrogen-bond acceptors (Lipinski definition) is 11. The maximum absolute atomic E-state index is 12.1. The number of nitrogens with one attached hydrogen (secondary N) is 2. The monoisotopic (exact) mass is 560 g/mol. The summed E-state index contributed by atoms with van der Waals surface area (Å²) in [6, 6.07) is -0.995. The van der Waals surface area contributed by atoms with Crippen molar-refractivity contribution in [3.8, 4) is 0 Å². The summed E-state index contributed by atoms with van der Waals surface area (Å²) < 4.78 is 25.0. The Morgan fingerprint density at radius 3 is 2.05 bits per heavy atom. The van der Waals surface area contributed by atoms with E-state index in [9.17, 15) is 28.8 Å². The van der Waals surface area contributed by atoms with E-state index in [1.807, 2.05) is 0 Å². The molecule has 1 rings (SSSR count). The average molecular weight is 561 g/mol. The number of carbonyl (C=O) groups is 6. The number of aliphatic carboxylic acids is 1.